The van der Waals surface area contributed by atoms with Crippen LogP contribution in [0.3, 0.4) is 0 Å². The molecule has 0 saturated heterocycles. The van der Waals surface area contributed by atoms with Crippen molar-refractivity contribution in [1.29, 1.82) is 0 Å². The number of halogens is 1. The highest BCUT2D eigenvalue weighted by molar-refractivity contribution is 6.31. The monoisotopic (exact) mass is 243 g/mol. The number of amides is 3. The van der Waals surface area contributed by atoms with Gasteiger partial charge in [-0.25, -0.2) is 10.2 Å². The topological polar surface area (TPSA) is 90.5 Å². The lowest BCUT2D eigenvalue weighted by Gasteiger charge is -2.07. The third kappa shape index (κ3) is 3.03. The van der Waals surface area contributed by atoms with Crippen LogP contribution < -0.4 is 16.2 Å². The van der Waals surface area contributed by atoms with E-state index in [4.69, 9.17) is 11.6 Å². The molecule has 1 aromatic rings. The molecule has 3 amide bonds. The fraction of sp³-hybridized carbons (Fsp3) is 0.111. The van der Waals surface area contributed by atoms with E-state index in [1.165, 1.54) is 25.2 Å². The van der Waals surface area contributed by atoms with Gasteiger partial charge in [-0.2, -0.15) is 0 Å². The summed E-state index contributed by atoms with van der Waals surface area (Å²) < 4.78 is 0. The van der Waals surface area contributed by atoms with Gasteiger partial charge in [-0.05, 0) is 18.2 Å². The molecule has 0 fully saturated rings. The Morgan fingerprint density at radius 1 is 1.31 bits per heavy atom. The molecule has 1 rings (SSSR count). The molecule has 0 saturated carbocycles. The zero-order valence-corrected chi connectivity index (χ0v) is 9.13. The normalized spacial score (nSPS) is 9.38. The first-order chi connectivity index (χ1) is 7.54. The number of phenols is 1. The molecule has 4 N–H and O–H groups in total. The van der Waals surface area contributed by atoms with Gasteiger partial charge in [0.25, 0.3) is 5.91 Å². The molecule has 0 heterocycles. The zero-order valence-electron chi connectivity index (χ0n) is 8.37. The van der Waals surface area contributed by atoms with Crippen LogP contribution in [-0.4, -0.2) is 24.1 Å². The highest BCUT2D eigenvalue weighted by Crippen LogP contribution is 2.20. The van der Waals surface area contributed by atoms with Crippen LogP contribution in [0.1, 0.15) is 10.4 Å². The fourth-order valence-corrected chi connectivity index (χ4v) is 1.11. The van der Waals surface area contributed by atoms with E-state index in [2.05, 4.69) is 16.2 Å². The van der Waals surface area contributed by atoms with Gasteiger partial charge in [-0.3, -0.25) is 10.2 Å². The first-order valence-corrected chi connectivity index (χ1v) is 4.69. The summed E-state index contributed by atoms with van der Waals surface area (Å²) in [7, 11) is 1.40. The van der Waals surface area contributed by atoms with E-state index in [0.29, 0.717) is 5.02 Å². The van der Waals surface area contributed by atoms with Crippen molar-refractivity contribution in [2.24, 2.45) is 0 Å². The van der Waals surface area contributed by atoms with Crippen LogP contribution >= 0.6 is 11.6 Å². The quantitative estimate of drug-likeness (QED) is 0.545. The van der Waals surface area contributed by atoms with Crippen molar-refractivity contribution in [3.05, 3.63) is 28.8 Å². The number of carbonyl (C=O) groups excluding carboxylic acids is 2. The first kappa shape index (κ1) is 12.1. The van der Waals surface area contributed by atoms with Gasteiger partial charge in [0.2, 0.25) is 0 Å². The molecule has 6 nitrogen and oxygen atoms in total. The van der Waals surface area contributed by atoms with Gasteiger partial charge >= 0.3 is 6.03 Å². The average molecular weight is 244 g/mol. The van der Waals surface area contributed by atoms with E-state index in [-0.39, 0.29) is 11.3 Å². The molecule has 0 radical (unpaired) electrons. The molecule has 0 bridgehead atoms. The summed E-state index contributed by atoms with van der Waals surface area (Å²) in [5.41, 5.74) is 4.15. The number of rotatable bonds is 1. The van der Waals surface area contributed by atoms with E-state index >= 15 is 0 Å². The van der Waals surface area contributed by atoms with Gasteiger partial charge in [0.15, 0.2) is 0 Å². The van der Waals surface area contributed by atoms with Gasteiger partial charge in [0.05, 0.1) is 5.56 Å². The van der Waals surface area contributed by atoms with E-state index in [0.717, 1.165) is 0 Å². The van der Waals surface area contributed by atoms with Crippen LogP contribution in [0.5, 0.6) is 5.75 Å². The van der Waals surface area contributed by atoms with Crippen LogP contribution in [0.2, 0.25) is 5.02 Å². The molecule has 0 aromatic heterocycles. The smallest absolute Gasteiger partial charge is 0.333 e. The fourth-order valence-electron chi connectivity index (χ4n) is 0.933. The van der Waals surface area contributed by atoms with Crippen molar-refractivity contribution in [3.63, 3.8) is 0 Å². The number of hydrogen-bond acceptors (Lipinski definition) is 3. The summed E-state index contributed by atoms with van der Waals surface area (Å²) in [6.45, 7) is 0. The second kappa shape index (κ2) is 5.22. The van der Waals surface area contributed by atoms with Crippen molar-refractivity contribution >= 4 is 23.5 Å². The Balaban J connectivity index is 2.73. The number of carbonyl (C=O) groups is 2. The summed E-state index contributed by atoms with van der Waals surface area (Å²) in [5.74, 6) is -0.885. The van der Waals surface area contributed by atoms with E-state index in [1.807, 2.05) is 0 Å². The minimum absolute atomic E-state index is 0.0242. The van der Waals surface area contributed by atoms with Crippen molar-refractivity contribution in [3.8, 4) is 5.75 Å². The van der Waals surface area contributed by atoms with Crippen molar-refractivity contribution in [1.82, 2.24) is 16.2 Å². The number of aromatic hydroxyl groups is 1. The number of benzene rings is 1. The predicted molar refractivity (Wildman–Crippen MR) is 58.2 cm³/mol. The summed E-state index contributed by atoms with van der Waals surface area (Å²) in [6, 6.07) is 3.45. The second-order valence-electron chi connectivity index (χ2n) is 2.82. The summed E-state index contributed by atoms with van der Waals surface area (Å²) in [5, 5.41) is 11.9. The van der Waals surface area contributed by atoms with E-state index < -0.39 is 11.9 Å². The molecule has 16 heavy (non-hydrogen) atoms. The summed E-state index contributed by atoms with van der Waals surface area (Å²) in [6.07, 6.45) is 0. The SMILES string of the molecule is CNC(=O)NNC(=O)c1cc(Cl)ccc1O. The van der Waals surface area contributed by atoms with Crippen molar-refractivity contribution in [2.75, 3.05) is 7.05 Å². The highest BCUT2D eigenvalue weighted by atomic mass is 35.5. The molecular weight excluding hydrogens is 234 g/mol. The average Bonchev–Trinajstić information content (AvgIpc) is 2.28. The minimum Gasteiger partial charge on any atom is -0.507 e. The summed E-state index contributed by atoms with van der Waals surface area (Å²) in [4.78, 5) is 22.2. The van der Waals surface area contributed by atoms with Crippen LogP contribution in [0.25, 0.3) is 0 Å². The number of hydrazine groups is 1. The Morgan fingerprint density at radius 2 is 2.00 bits per heavy atom. The van der Waals surface area contributed by atoms with Crippen LogP contribution in [0.4, 0.5) is 4.79 Å². The molecule has 0 aliphatic carbocycles. The number of hydrogen-bond donors (Lipinski definition) is 4. The Labute approximate surface area is 96.6 Å². The Hall–Kier alpha value is -1.95. The Kier molecular flexibility index (Phi) is 3.96. The molecular formula is C9H10ClN3O3. The lowest BCUT2D eigenvalue weighted by Crippen LogP contribution is -2.45. The molecule has 0 spiro atoms. The third-order valence-corrected chi connectivity index (χ3v) is 1.95. The standard InChI is InChI=1S/C9H10ClN3O3/c1-11-9(16)13-12-8(15)6-4-5(10)2-3-7(6)14/h2-4,14H,1H3,(H,12,15)(H2,11,13,16). The highest BCUT2D eigenvalue weighted by Gasteiger charge is 2.11. The molecule has 86 valence electrons. The van der Waals surface area contributed by atoms with Gasteiger partial charge in [0.1, 0.15) is 5.75 Å². The van der Waals surface area contributed by atoms with E-state index in [9.17, 15) is 14.7 Å². The predicted octanol–water partition coefficient (Wildman–Crippen LogP) is 0.619. The zero-order chi connectivity index (χ0) is 12.1. The molecule has 0 aliphatic heterocycles. The third-order valence-electron chi connectivity index (χ3n) is 1.72. The molecule has 0 atom stereocenters. The largest absolute Gasteiger partial charge is 0.507 e. The lowest BCUT2D eigenvalue weighted by molar-refractivity contribution is 0.0934. The van der Waals surface area contributed by atoms with Gasteiger partial charge in [0, 0.05) is 12.1 Å². The van der Waals surface area contributed by atoms with Crippen LogP contribution in [-0.2, 0) is 0 Å². The van der Waals surface area contributed by atoms with Crippen LogP contribution in [0, 0.1) is 0 Å². The van der Waals surface area contributed by atoms with Crippen LogP contribution in [0.15, 0.2) is 18.2 Å². The number of urea groups is 1. The number of phenolic OH excluding ortho intramolecular Hbond substituents is 1. The van der Waals surface area contributed by atoms with Gasteiger partial charge < -0.3 is 10.4 Å². The molecule has 7 heteroatoms. The second-order valence-corrected chi connectivity index (χ2v) is 3.26. The minimum atomic E-state index is -0.663. The number of nitrogens with one attached hydrogen (secondary N) is 3. The Bertz CT molecular complexity index is 422. The molecule has 1 aromatic carbocycles. The maximum absolute atomic E-state index is 11.5. The maximum atomic E-state index is 11.5. The first-order valence-electron chi connectivity index (χ1n) is 4.31. The lowest BCUT2D eigenvalue weighted by atomic mass is 10.2. The van der Waals surface area contributed by atoms with Crippen molar-refractivity contribution in [2.45, 2.75) is 0 Å². The van der Waals surface area contributed by atoms with E-state index in [1.54, 1.807) is 0 Å². The Morgan fingerprint density at radius 3 is 2.62 bits per heavy atom. The van der Waals surface area contributed by atoms with Gasteiger partial charge in [-0.1, -0.05) is 11.6 Å². The molecule has 0 unspecified atom stereocenters. The van der Waals surface area contributed by atoms with Crippen molar-refractivity contribution < 1.29 is 14.7 Å². The maximum Gasteiger partial charge on any atom is 0.333 e. The molecule has 0 aliphatic rings. The van der Waals surface area contributed by atoms with Gasteiger partial charge in [-0.15, -0.1) is 0 Å². The summed E-state index contributed by atoms with van der Waals surface area (Å²) >= 11 is 5.66.